The lowest BCUT2D eigenvalue weighted by molar-refractivity contribution is 0.625. The number of fused-ring (bicyclic) bond motifs is 1. The van der Waals surface area contributed by atoms with Crippen LogP contribution in [0.15, 0.2) is 29.2 Å². The Morgan fingerprint density at radius 1 is 1.54 bits per heavy atom. The van der Waals surface area contributed by atoms with Crippen LogP contribution in [0.1, 0.15) is 12.5 Å². The molecule has 1 heterocycles. The number of anilines is 1. The number of hydrogen-bond acceptors (Lipinski definition) is 3. The molecular weight excluding hydrogens is 164 g/mol. The van der Waals surface area contributed by atoms with Crippen molar-refractivity contribution >= 4 is 22.7 Å². The first-order valence-electron chi connectivity index (χ1n) is 3.99. The second-order valence-electron chi connectivity index (χ2n) is 2.99. The molecule has 1 aromatic carbocycles. The zero-order chi connectivity index (χ0) is 9.42. The van der Waals surface area contributed by atoms with Gasteiger partial charge in [-0.3, -0.25) is 0 Å². The van der Waals surface area contributed by atoms with Gasteiger partial charge in [0.15, 0.2) is 5.58 Å². The Balaban J connectivity index is 2.82. The molecule has 0 aliphatic carbocycles. The van der Waals surface area contributed by atoms with Crippen molar-refractivity contribution in [1.82, 2.24) is 4.98 Å². The lowest BCUT2D eigenvalue weighted by Crippen LogP contribution is -1.80. The summed E-state index contributed by atoms with van der Waals surface area (Å²) >= 11 is 0. The molecule has 0 aliphatic heterocycles. The second-order valence-corrected chi connectivity index (χ2v) is 2.99. The molecule has 0 aliphatic rings. The highest BCUT2D eigenvalue weighted by atomic mass is 16.4. The first-order valence-corrected chi connectivity index (χ1v) is 3.99. The molecule has 0 saturated carbocycles. The fraction of sp³-hybridized carbons (Fsp3) is 0.100. The van der Waals surface area contributed by atoms with Crippen molar-refractivity contribution in [1.29, 1.82) is 0 Å². The Morgan fingerprint density at radius 2 is 2.31 bits per heavy atom. The first kappa shape index (κ1) is 7.86. The van der Waals surface area contributed by atoms with Crippen LogP contribution < -0.4 is 5.73 Å². The van der Waals surface area contributed by atoms with Crippen LogP contribution in [0.4, 0.5) is 6.01 Å². The molecule has 2 N–H and O–H groups in total. The van der Waals surface area contributed by atoms with Gasteiger partial charge in [0.05, 0.1) is 0 Å². The number of benzene rings is 1. The summed E-state index contributed by atoms with van der Waals surface area (Å²) in [5.74, 6) is 0. The molecule has 0 saturated heterocycles. The lowest BCUT2D eigenvalue weighted by atomic mass is 10.1. The van der Waals surface area contributed by atoms with E-state index in [9.17, 15) is 0 Å². The molecule has 0 unspecified atom stereocenters. The highest BCUT2D eigenvalue weighted by molar-refractivity contribution is 5.87. The number of nitrogens with two attached hydrogens (primary N) is 1. The van der Waals surface area contributed by atoms with Crippen molar-refractivity contribution in [2.45, 2.75) is 6.92 Å². The number of hydrogen-bond donors (Lipinski definition) is 1. The van der Waals surface area contributed by atoms with Gasteiger partial charge in [-0.15, -0.1) is 0 Å². The van der Waals surface area contributed by atoms with Crippen molar-refractivity contribution in [3.05, 3.63) is 30.3 Å². The minimum absolute atomic E-state index is 0.198. The summed E-state index contributed by atoms with van der Waals surface area (Å²) in [6.45, 7) is 5.78. The quantitative estimate of drug-likeness (QED) is 0.722. The van der Waals surface area contributed by atoms with Gasteiger partial charge < -0.3 is 10.2 Å². The zero-order valence-electron chi connectivity index (χ0n) is 7.37. The van der Waals surface area contributed by atoms with Gasteiger partial charge in [-0.2, -0.15) is 4.98 Å². The number of allylic oxidation sites excluding steroid dienone is 1. The molecule has 0 atom stereocenters. The van der Waals surface area contributed by atoms with Crippen LogP contribution in [0.25, 0.3) is 16.7 Å². The van der Waals surface area contributed by atoms with E-state index in [1.165, 1.54) is 0 Å². The number of aromatic nitrogens is 1. The Hall–Kier alpha value is -1.77. The van der Waals surface area contributed by atoms with Crippen LogP contribution in [0, 0.1) is 0 Å². The van der Waals surface area contributed by atoms with Crippen LogP contribution in [0.2, 0.25) is 0 Å². The predicted molar refractivity (Wildman–Crippen MR) is 53.1 cm³/mol. The Kier molecular flexibility index (Phi) is 1.59. The number of nitrogen functional groups attached to an aromatic ring is 1. The molecule has 0 fully saturated rings. The van der Waals surface area contributed by atoms with Crippen LogP contribution in [0.5, 0.6) is 0 Å². The van der Waals surface area contributed by atoms with E-state index in [1.807, 2.05) is 25.1 Å². The maximum absolute atomic E-state index is 5.45. The molecule has 2 aromatic rings. The maximum atomic E-state index is 5.45. The van der Waals surface area contributed by atoms with E-state index in [1.54, 1.807) is 0 Å². The summed E-state index contributed by atoms with van der Waals surface area (Å²) in [5, 5.41) is 0. The number of para-hydroxylation sites is 1. The molecule has 13 heavy (non-hydrogen) atoms. The van der Waals surface area contributed by atoms with Crippen molar-refractivity contribution < 1.29 is 4.42 Å². The summed E-state index contributed by atoms with van der Waals surface area (Å²) in [5.41, 5.74) is 8.85. The first-order chi connectivity index (χ1) is 6.18. The second kappa shape index (κ2) is 2.62. The molecule has 3 heteroatoms. The monoisotopic (exact) mass is 174 g/mol. The summed E-state index contributed by atoms with van der Waals surface area (Å²) in [4.78, 5) is 4.03. The third kappa shape index (κ3) is 1.18. The predicted octanol–water partition coefficient (Wildman–Crippen LogP) is 2.44. The van der Waals surface area contributed by atoms with Crippen molar-refractivity contribution in [2.24, 2.45) is 0 Å². The minimum atomic E-state index is 0.198. The normalized spacial score (nSPS) is 10.5. The van der Waals surface area contributed by atoms with E-state index in [4.69, 9.17) is 10.2 Å². The van der Waals surface area contributed by atoms with Gasteiger partial charge in [0.2, 0.25) is 0 Å². The SMILES string of the molecule is C=C(C)c1cccc2nc(N)oc12. The number of rotatable bonds is 1. The molecule has 2 rings (SSSR count). The standard InChI is InChI=1S/C10H10N2O/c1-6(2)7-4-3-5-8-9(7)13-10(11)12-8/h3-5H,1H2,2H3,(H2,11,12). The van der Waals surface area contributed by atoms with Crippen molar-refractivity contribution in [3.8, 4) is 0 Å². The van der Waals surface area contributed by atoms with Crippen molar-refractivity contribution in [3.63, 3.8) is 0 Å². The summed E-state index contributed by atoms with van der Waals surface area (Å²) in [6, 6.07) is 5.91. The van der Waals surface area contributed by atoms with E-state index >= 15 is 0 Å². The lowest BCUT2D eigenvalue weighted by Gasteiger charge is -1.97. The van der Waals surface area contributed by atoms with Crippen molar-refractivity contribution in [2.75, 3.05) is 5.73 Å². The van der Waals surface area contributed by atoms with E-state index in [2.05, 4.69) is 11.6 Å². The van der Waals surface area contributed by atoms with Gasteiger partial charge >= 0.3 is 0 Å². The summed E-state index contributed by atoms with van der Waals surface area (Å²) < 4.78 is 5.27. The van der Waals surface area contributed by atoms with Gasteiger partial charge in [0.1, 0.15) is 5.52 Å². The van der Waals surface area contributed by atoms with E-state index in [0.717, 1.165) is 16.7 Å². The molecule has 3 nitrogen and oxygen atoms in total. The maximum Gasteiger partial charge on any atom is 0.293 e. The third-order valence-corrected chi connectivity index (χ3v) is 1.89. The topological polar surface area (TPSA) is 52.0 Å². The molecule has 0 amide bonds. The van der Waals surface area contributed by atoms with Gasteiger partial charge in [-0.25, -0.2) is 0 Å². The molecule has 0 bridgehead atoms. The van der Waals surface area contributed by atoms with Crippen LogP contribution >= 0.6 is 0 Å². The summed E-state index contributed by atoms with van der Waals surface area (Å²) in [7, 11) is 0. The fourth-order valence-electron chi connectivity index (χ4n) is 1.30. The smallest absolute Gasteiger partial charge is 0.293 e. The van der Waals surface area contributed by atoms with E-state index < -0.39 is 0 Å². The Morgan fingerprint density at radius 3 is 3.00 bits per heavy atom. The van der Waals surface area contributed by atoms with E-state index in [-0.39, 0.29) is 6.01 Å². The minimum Gasteiger partial charge on any atom is -0.423 e. The summed E-state index contributed by atoms with van der Waals surface area (Å²) in [6.07, 6.45) is 0. The van der Waals surface area contributed by atoms with Gasteiger partial charge in [-0.05, 0) is 18.6 Å². The number of oxazole rings is 1. The number of nitrogens with zero attached hydrogens (tertiary/aromatic N) is 1. The third-order valence-electron chi connectivity index (χ3n) is 1.89. The van der Waals surface area contributed by atoms with Crippen LogP contribution in [0.3, 0.4) is 0 Å². The molecular formula is C10H10N2O. The Labute approximate surface area is 75.9 Å². The van der Waals surface area contributed by atoms with E-state index in [0.29, 0.717) is 5.58 Å². The van der Waals surface area contributed by atoms with Crippen LogP contribution in [-0.4, -0.2) is 4.98 Å². The zero-order valence-corrected chi connectivity index (χ0v) is 7.37. The largest absolute Gasteiger partial charge is 0.423 e. The molecule has 66 valence electrons. The average Bonchev–Trinajstić information content (AvgIpc) is 2.43. The van der Waals surface area contributed by atoms with Gasteiger partial charge in [-0.1, -0.05) is 18.7 Å². The highest BCUT2D eigenvalue weighted by Crippen LogP contribution is 2.25. The van der Waals surface area contributed by atoms with Gasteiger partial charge in [0, 0.05) is 5.56 Å². The van der Waals surface area contributed by atoms with Crippen LogP contribution in [-0.2, 0) is 0 Å². The van der Waals surface area contributed by atoms with Gasteiger partial charge in [0.25, 0.3) is 6.01 Å². The average molecular weight is 174 g/mol. The molecule has 1 aromatic heterocycles. The molecule has 0 spiro atoms. The Bertz CT molecular complexity index is 471. The fourth-order valence-corrected chi connectivity index (χ4v) is 1.30. The molecule has 0 radical (unpaired) electrons. The highest BCUT2D eigenvalue weighted by Gasteiger charge is 2.07.